The van der Waals surface area contributed by atoms with Gasteiger partial charge in [0.1, 0.15) is 11.5 Å². The number of hydrogen-bond donors (Lipinski definition) is 1. The summed E-state index contributed by atoms with van der Waals surface area (Å²) in [4.78, 5) is 23.0. The van der Waals surface area contributed by atoms with E-state index in [1.54, 1.807) is 29.2 Å². The lowest BCUT2D eigenvalue weighted by Gasteiger charge is -2.22. The molecule has 6 rings (SSSR count). The van der Waals surface area contributed by atoms with Gasteiger partial charge < -0.3 is 19.4 Å². The molecule has 33 heavy (non-hydrogen) atoms. The Hall–Kier alpha value is -3.30. The summed E-state index contributed by atoms with van der Waals surface area (Å²) in [5.74, 6) is -4.47. The van der Waals surface area contributed by atoms with Crippen LogP contribution in [0.4, 0.5) is 18.9 Å². The lowest BCUT2D eigenvalue weighted by atomic mass is 10.1. The average Bonchev–Trinajstić information content (AvgIpc) is 3.41. The maximum atomic E-state index is 14.7. The highest BCUT2D eigenvalue weighted by atomic mass is 19.3. The predicted octanol–water partition coefficient (Wildman–Crippen LogP) is 2.92. The quantitative estimate of drug-likeness (QED) is 0.641. The Labute approximate surface area is 188 Å². The molecular weight excluding hydrogens is 433 g/mol. The Morgan fingerprint density at radius 1 is 1.21 bits per heavy atom. The van der Waals surface area contributed by atoms with E-state index >= 15 is 0 Å². The number of fused-ring (bicyclic) bond motifs is 2. The minimum absolute atomic E-state index is 0.139. The van der Waals surface area contributed by atoms with Crippen LogP contribution in [0, 0.1) is 17.7 Å². The molecule has 1 aliphatic heterocycles. The predicted molar refractivity (Wildman–Crippen MR) is 114 cm³/mol. The summed E-state index contributed by atoms with van der Waals surface area (Å²) in [6.45, 7) is 0.735. The molecule has 1 saturated heterocycles. The molecule has 2 aliphatic carbocycles. The highest BCUT2D eigenvalue weighted by Crippen LogP contribution is 2.59. The van der Waals surface area contributed by atoms with Gasteiger partial charge in [-0.05, 0) is 25.0 Å². The number of piperidine rings is 1. The van der Waals surface area contributed by atoms with Gasteiger partial charge in [0.2, 0.25) is 0 Å². The molecule has 172 valence electrons. The second-order valence-electron chi connectivity index (χ2n) is 9.25. The molecule has 1 saturated carbocycles. The van der Waals surface area contributed by atoms with Gasteiger partial charge in [0.25, 0.3) is 11.8 Å². The van der Waals surface area contributed by atoms with Crippen LogP contribution < -0.4 is 10.2 Å². The zero-order valence-corrected chi connectivity index (χ0v) is 18.0. The van der Waals surface area contributed by atoms with Crippen LogP contribution in [-0.4, -0.2) is 44.0 Å². The normalized spacial score (nSPS) is 24.6. The van der Waals surface area contributed by atoms with Crippen LogP contribution in [0.2, 0.25) is 0 Å². The second-order valence-corrected chi connectivity index (χ2v) is 9.25. The molecular formula is C23H23F3N6O. The number of anilines is 1. The molecule has 2 aromatic heterocycles. The Morgan fingerprint density at radius 2 is 2.00 bits per heavy atom. The number of carbonyl (C=O) groups is 1. The van der Waals surface area contributed by atoms with Crippen molar-refractivity contribution in [3.63, 3.8) is 0 Å². The first-order chi connectivity index (χ1) is 15.8. The van der Waals surface area contributed by atoms with Gasteiger partial charge in [-0.3, -0.25) is 4.79 Å². The number of carbonyl (C=O) groups excluding carboxylic acids is 1. The number of amides is 1. The summed E-state index contributed by atoms with van der Waals surface area (Å²) in [5.41, 5.74) is 3.34. The summed E-state index contributed by atoms with van der Waals surface area (Å²) in [7, 11) is 1.94. The summed E-state index contributed by atoms with van der Waals surface area (Å²) >= 11 is 0. The number of rotatable bonds is 5. The SMILES string of the molecule is Cn1cnc2c1CC[C@H]2NC(=O)c1cn(Cc2ccc(N3CC4C(C3)C4(F)F)cc2F)cn1. The molecule has 2 fully saturated rings. The van der Waals surface area contributed by atoms with E-state index in [0.29, 0.717) is 11.3 Å². The van der Waals surface area contributed by atoms with E-state index in [4.69, 9.17) is 0 Å². The van der Waals surface area contributed by atoms with Crippen molar-refractivity contribution in [2.45, 2.75) is 31.4 Å². The number of imidazole rings is 2. The standard InChI is InChI=1S/C23H23F3N6O/c1-30-11-28-21-18(4-5-20(21)30)29-22(33)19-10-31(12-27-19)7-13-2-3-14(6-17(13)24)32-8-15-16(9-32)23(15,25)26/h2-3,6,10-12,15-16,18H,4-5,7-9H2,1H3,(H,29,33)/t15?,16?,18-/m1/s1. The van der Waals surface area contributed by atoms with E-state index in [1.165, 1.54) is 12.4 Å². The number of aryl methyl sites for hydroxylation is 1. The topological polar surface area (TPSA) is 68.0 Å². The third-order valence-electron chi connectivity index (χ3n) is 7.22. The molecule has 1 aromatic carbocycles. The fourth-order valence-electron chi connectivity index (χ4n) is 5.20. The number of aromatic nitrogens is 4. The molecule has 0 bridgehead atoms. The molecule has 3 aliphatic rings. The Balaban J connectivity index is 1.10. The number of nitrogens with zero attached hydrogens (tertiary/aromatic N) is 5. The minimum atomic E-state index is -2.56. The number of halogens is 3. The summed E-state index contributed by atoms with van der Waals surface area (Å²) < 4.78 is 45.2. The molecule has 0 spiro atoms. The third-order valence-corrected chi connectivity index (χ3v) is 7.22. The summed E-state index contributed by atoms with van der Waals surface area (Å²) in [6, 6.07) is 4.68. The number of hydrogen-bond acceptors (Lipinski definition) is 4. The van der Waals surface area contributed by atoms with Crippen LogP contribution in [-0.2, 0) is 20.0 Å². The average molecular weight is 456 g/mol. The van der Waals surface area contributed by atoms with Crippen molar-refractivity contribution in [2.24, 2.45) is 18.9 Å². The van der Waals surface area contributed by atoms with Crippen molar-refractivity contribution in [3.05, 3.63) is 65.5 Å². The molecule has 3 atom stereocenters. The van der Waals surface area contributed by atoms with Crippen LogP contribution in [0.15, 0.2) is 37.1 Å². The van der Waals surface area contributed by atoms with Crippen molar-refractivity contribution >= 4 is 11.6 Å². The van der Waals surface area contributed by atoms with Gasteiger partial charge in [-0.2, -0.15) is 0 Å². The van der Waals surface area contributed by atoms with E-state index in [2.05, 4.69) is 15.3 Å². The number of benzene rings is 1. The highest BCUT2D eigenvalue weighted by Gasteiger charge is 2.71. The monoisotopic (exact) mass is 456 g/mol. The van der Waals surface area contributed by atoms with E-state index in [0.717, 1.165) is 24.2 Å². The van der Waals surface area contributed by atoms with E-state index in [1.807, 2.05) is 16.5 Å². The minimum Gasteiger partial charge on any atom is -0.370 e. The van der Waals surface area contributed by atoms with Crippen LogP contribution in [0.3, 0.4) is 0 Å². The largest absolute Gasteiger partial charge is 0.370 e. The third kappa shape index (κ3) is 3.30. The molecule has 3 heterocycles. The van der Waals surface area contributed by atoms with Gasteiger partial charge in [-0.25, -0.2) is 23.1 Å². The molecule has 10 heteroatoms. The zero-order valence-electron chi connectivity index (χ0n) is 18.0. The number of nitrogens with one attached hydrogen (secondary N) is 1. The maximum absolute atomic E-state index is 14.7. The summed E-state index contributed by atoms with van der Waals surface area (Å²) in [6.07, 6.45) is 6.50. The van der Waals surface area contributed by atoms with Gasteiger partial charge in [0.15, 0.2) is 0 Å². The van der Waals surface area contributed by atoms with Gasteiger partial charge in [0.05, 0.1) is 42.8 Å². The van der Waals surface area contributed by atoms with Gasteiger partial charge in [-0.15, -0.1) is 0 Å². The zero-order chi connectivity index (χ0) is 22.9. The fourth-order valence-corrected chi connectivity index (χ4v) is 5.20. The van der Waals surface area contributed by atoms with Crippen LogP contribution >= 0.6 is 0 Å². The highest BCUT2D eigenvalue weighted by molar-refractivity contribution is 5.92. The molecule has 0 radical (unpaired) electrons. The van der Waals surface area contributed by atoms with Crippen LogP contribution in [0.5, 0.6) is 0 Å². The van der Waals surface area contributed by atoms with Crippen molar-refractivity contribution < 1.29 is 18.0 Å². The first-order valence-corrected chi connectivity index (χ1v) is 11.0. The Bertz CT molecular complexity index is 1240. The van der Waals surface area contributed by atoms with E-state index in [-0.39, 0.29) is 37.3 Å². The fraction of sp³-hybridized carbons (Fsp3) is 0.435. The summed E-state index contributed by atoms with van der Waals surface area (Å²) in [5, 5.41) is 2.98. The first kappa shape index (κ1) is 20.3. The maximum Gasteiger partial charge on any atom is 0.272 e. The van der Waals surface area contributed by atoms with Crippen molar-refractivity contribution in [2.75, 3.05) is 18.0 Å². The molecule has 1 N–H and O–H groups in total. The smallest absolute Gasteiger partial charge is 0.272 e. The van der Waals surface area contributed by atoms with Gasteiger partial charge in [-0.1, -0.05) is 6.07 Å². The molecule has 7 nitrogen and oxygen atoms in total. The number of alkyl halides is 2. The van der Waals surface area contributed by atoms with Crippen molar-refractivity contribution in [1.82, 2.24) is 24.4 Å². The van der Waals surface area contributed by atoms with Gasteiger partial charge in [0, 0.05) is 43.3 Å². The molecule has 3 aromatic rings. The molecule has 1 amide bonds. The van der Waals surface area contributed by atoms with Crippen molar-refractivity contribution in [1.29, 1.82) is 0 Å². The van der Waals surface area contributed by atoms with E-state index in [9.17, 15) is 18.0 Å². The van der Waals surface area contributed by atoms with Crippen LogP contribution in [0.25, 0.3) is 0 Å². The second kappa shape index (κ2) is 7.10. The lowest BCUT2D eigenvalue weighted by Crippen LogP contribution is -2.27. The van der Waals surface area contributed by atoms with Crippen LogP contribution in [0.1, 0.15) is 39.9 Å². The van der Waals surface area contributed by atoms with Gasteiger partial charge >= 0.3 is 0 Å². The Kier molecular flexibility index (Phi) is 4.37. The lowest BCUT2D eigenvalue weighted by molar-refractivity contribution is 0.0797. The molecule has 2 unspecified atom stereocenters. The Morgan fingerprint density at radius 3 is 2.76 bits per heavy atom. The van der Waals surface area contributed by atoms with Crippen molar-refractivity contribution in [3.8, 4) is 0 Å². The first-order valence-electron chi connectivity index (χ1n) is 11.0. The van der Waals surface area contributed by atoms with E-state index < -0.39 is 23.6 Å².